The summed E-state index contributed by atoms with van der Waals surface area (Å²) in [4.78, 5) is 2.54. The number of nitrogens with zero attached hydrogens (tertiary/aromatic N) is 1. The minimum atomic E-state index is -0.0418. The molecule has 98 valence electrons. The van der Waals surface area contributed by atoms with Crippen LogP contribution in [0.5, 0.6) is 0 Å². The first-order chi connectivity index (χ1) is 8.57. The van der Waals surface area contributed by atoms with E-state index in [-0.39, 0.29) is 11.6 Å². The lowest BCUT2D eigenvalue weighted by Crippen LogP contribution is -2.49. The van der Waals surface area contributed by atoms with Crippen molar-refractivity contribution in [2.45, 2.75) is 38.0 Å². The standard InChI is InChI=1S/C15H22N2O/c1-15(2)10-17(7-8-18-15)14-9-13(16)11-5-3-4-6-12(11)14/h3-6,13-14H,7-10,16H2,1-2H3. The Balaban J connectivity index is 1.86. The van der Waals surface area contributed by atoms with Crippen molar-refractivity contribution in [2.24, 2.45) is 5.73 Å². The van der Waals surface area contributed by atoms with Crippen LogP contribution in [-0.2, 0) is 4.74 Å². The van der Waals surface area contributed by atoms with Gasteiger partial charge in [-0.2, -0.15) is 0 Å². The predicted octanol–water partition coefficient (Wildman–Crippen LogP) is 2.24. The molecular formula is C15H22N2O. The first-order valence-corrected chi connectivity index (χ1v) is 6.79. The maximum Gasteiger partial charge on any atom is 0.0753 e. The van der Waals surface area contributed by atoms with E-state index in [0.29, 0.717) is 6.04 Å². The Morgan fingerprint density at radius 2 is 2.00 bits per heavy atom. The van der Waals surface area contributed by atoms with Gasteiger partial charge in [0.1, 0.15) is 0 Å². The molecule has 3 nitrogen and oxygen atoms in total. The number of hydrogen-bond acceptors (Lipinski definition) is 3. The third-order valence-corrected chi connectivity index (χ3v) is 4.13. The summed E-state index contributed by atoms with van der Waals surface area (Å²) >= 11 is 0. The van der Waals surface area contributed by atoms with Crippen molar-refractivity contribution in [3.8, 4) is 0 Å². The predicted molar refractivity (Wildman–Crippen MR) is 72.3 cm³/mol. The smallest absolute Gasteiger partial charge is 0.0753 e. The van der Waals surface area contributed by atoms with Gasteiger partial charge in [-0.15, -0.1) is 0 Å². The van der Waals surface area contributed by atoms with Crippen LogP contribution in [0.4, 0.5) is 0 Å². The van der Waals surface area contributed by atoms with Crippen LogP contribution in [0.1, 0.15) is 43.5 Å². The SMILES string of the molecule is CC1(C)CN(C2CC(N)c3ccccc32)CCO1. The molecule has 0 radical (unpaired) electrons. The van der Waals surface area contributed by atoms with Gasteiger partial charge in [0, 0.05) is 25.2 Å². The molecule has 2 atom stereocenters. The van der Waals surface area contributed by atoms with E-state index >= 15 is 0 Å². The summed E-state index contributed by atoms with van der Waals surface area (Å²) in [5, 5.41) is 0. The summed E-state index contributed by atoms with van der Waals surface area (Å²) in [5.74, 6) is 0. The number of benzene rings is 1. The molecule has 0 aromatic heterocycles. The highest BCUT2D eigenvalue weighted by atomic mass is 16.5. The molecule has 1 aromatic carbocycles. The number of ether oxygens (including phenoxy) is 1. The summed E-state index contributed by atoms with van der Waals surface area (Å²) in [6.07, 6.45) is 1.04. The highest BCUT2D eigenvalue weighted by molar-refractivity contribution is 5.37. The van der Waals surface area contributed by atoms with E-state index in [9.17, 15) is 0 Å². The maximum atomic E-state index is 6.25. The van der Waals surface area contributed by atoms with E-state index in [1.165, 1.54) is 11.1 Å². The van der Waals surface area contributed by atoms with E-state index in [1.54, 1.807) is 0 Å². The minimum absolute atomic E-state index is 0.0418. The summed E-state index contributed by atoms with van der Waals surface area (Å²) < 4.78 is 5.80. The van der Waals surface area contributed by atoms with Gasteiger partial charge in [0.25, 0.3) is 0 Å². The third-order valence-electron chi connectivity index (χ3n) is 4.13. The Morgan fingerprint density at radius 3 is 2.72 bits per heavy atom. The minimum Gasteiger partial charge on any atom is -0.373 e. The lowest BCUT2D eigenvalue weighted by Gasteiger charge is -2.41. The fourth-order valence-corrected chi connectivity index (χ4v) is 3.31. The van der Waals surface area contributed by atoms with Gasteiger partial charge >= 0.3 is 0 Å². The molecule has 0 spiro atoms. The zero-order chi connectivity index (χ0) is 12.8. The molecule has 2 aliphatic rings. The van der Waals surface area contributed by atoms with E-state index in [0.717, 1.165) is 26.1 Å². The molecular weight excluding hydrogens is 224 g/mol. The van der Waals surface area contributed by atoms with Gasteiger partial charge in [-0.25, -0.2) is 0 Å². The maximum absolute atomic E-state index is 6.25. The molecule has 3 rings (SSSR count). The summed E-state index contributed by atoms with van der Waals surface area (Å²) in [6.45, 7) is 7.15. The van der Waals surface area contributed by atoms with Crippen molar-refractivity contribution < 1.29 is 4.74 Å². The number of morpholine rings is 1. The summed E-state index contributed by atoms with van der Waals surface area (Å²) in [6, 6.07) is 9.28. The molecule has 0 amide bonds. The van der Waals surface area contributed by atoms with Crippen LogP contribution in [-0.4, -0.2) is 30.2 Å². The molecule has 2 unspecified atom stereocenters. The van der Waals surface area contributed by atoms with E-state index in [1.807, 2.05) is 0 Å². The number of fused-ring (bicyclic) bond motifs is 1. The van der Waals surface area contributed by atoms with Crippen molar-refractivity contribution in [1.29, 1.82) is 0 Å². The Labute approximate surface area is 109 Å². The molecule has 0 bridgehead atoms. The number of hydrogen-bond donors (Lipinski definition) is 1. The third kappa shape index (κ3) is 2.07. The zero-order valence-electron chi connectivity index (χ0n) is 11.2. The van der Waals surface area contributed by atoms with Gasteiger partial charge in [-0.3, -0.25) is 4.90 Å². The second-order valence-corrected chi connectivity index (χ2v) is 6.07. The molecule has 1 fully saturated rings. The van der Waals surface area contributed by atoms with Crippen LogP contribution < -0.4 is 5.73 Å². The molecule has 3 heteroatoms. The lowest BCUT2D eigenvalue weighted by atomic mass is 10.0. The Bertz CT molecular complexity index is 444. The highest BCUT2D eigenvalue weighted by Crippen LogP contribution is 2.41. The quantitative estimate of drug-likeness (QED) is 0.826. The van der Waals surface area contributed by atoms with E-state index in [2.05, 4.69) is 43.0 Å². The van der Waals surface area contributed by atoms with Crippen LogP contribution in [0.15, 0.2) is 24.3 Å². The summed E-state index contributed by atoms with van der Waals surface area (Å²) in [7, 11) is 0. The molecule has 1 heterocycles. The molecule has 1 aromatic rings. The monoisotopic (exact) mass is 246 g/mol. The van der Waals surface area contributed by atoms with Crippen LogP contribution in [0, 0.1) is 0 Å². The molecule has 1 saturated heterocycles. The Hall–Kier alpha value is -0.900. The second-order valence-electron chi connectivity index (χ2n) is 6.07. The molecule has 1 aliphatic carbocycles. The molecule has 0 saturated carbocycles. The Kier molecular flexibility index (Phi) is 2.93. The highest BCUT2D eigenvalue weighted by Gasteiger charge is 2.37. The fraction of sp³-hybridized carbons (Fsp3) is 0.600. The van der Waals surface area contributed by atoms with Gasteiger partial charge < -0.3 is 10.5 Å². The van der Waals surface area contributed by atoms with Crippen molar-refractivity contribution in [3.05, 3.63) is 35.4 Å². The van der Waals surface area contributed by atoms with Crippen molar-refractivity contribution >= 4 is 0 Å². The van der Waals surface area contributed by atoms with Gasteiger partial charge in [0.2, 0.25) is 0 Å². The first kappa shape index (κ1) is 12.2. The lowest BCUT2D eigenvalue weighted by molar-refractivity contribution is -0.0978. The van der Waals surface area contributed by atoms with Crippen molar-refractivity contribution in [1.82, 2.24) is 4.90 Å². The average Bonchev–Trinajstić information content (AvgIpc) is 2.66. The normalized spacial score (nSPS) is 31.3. The van der Waals surface area contributed by atoms with Crippen LogP contribution >= 0.6 is 0 Å². The van der Waals surface area contributed by atoms with Crippen molar-refractivity contribution in [2.75, 3.05) is 19.7 Å². The molecule has 18 heavy (non-hydrogen) atoms. The number of nitrogens with two attached hydrogens (primary N) is 1. The van der Waals surface area contributed by atoms with Crippen molar-refractivity contribution in [3.63, 3.8) is 0 Å². The van der Waals surface area contributed by atoms with Gasteiger partial charge in [-0.1, -0.05) is 24.3 Å². The van der Waals surface area contributed by atoms with Crippen LogP contribution in [0.25, 0.3) is 0 Å². The van der Waals surface area contributed by atoms with Gasteiger partial charge in [-0.05, 0) is 31.4 Å². The van der Waals surface area contributed by atoms with E-state index < -0.39 is 0 Å². The van der Waals surface area contributed by atoms with Crippen LogP contribution in [0.3, 0.4) is 0 Å². The zero-order valence-corrected chi connectivity index (χ0v) is 11.2. The topological polar surface area (TPSA) is 38.5 Å². The molecule has 1 aliphatic heterocycles. The van der Waals surface area contributed by atoms with Crippen LogP contribution in [0.2, 0.25) is 0 Å². The fourth-order valence-electron chi connectivity index (χ4n) is 3.31. The molecule has 2 N–H and O–H groups in total. The van der Waals surface area contributed by atoms with Gasteiger partial charge in [0.15, 0.2) is 0 Å². The summed E-state index contributed by atoms with van der Waals surface area (Å²) in [5.41, 5.74) is 8.96. The Morgan fingerprint density at radius 1 is 1.28 bits per heavy atom. The second kappa shape index (κ2) is 4.34. The van der Waals surface area contributed by atoms with E-state index in [4.69, 9.17) is 10.5 Å². The largest absolute Gasteiger partial charge is 0.373 e. The van der Waals surface area contributed by atoms with Gasteiger partial charge in [0.05, 0.1) is 12.2 Å². The number of rotatable bonds is 1. The first-order valence-electron chi connectivity index (χ1n) is 6.79. The average molecular weight is 246 g/mol.